The number of carbonyl (C=O) groups excluding carboxylic acids is 1. The molecule has 0 heterocycles. The van der Waals surface area contributed by atoms with Gasteiger partial charge in [0.05, 0.1) is 12.2 Å². The van der Waals surface area contributed by atoms with E-state index >= 15 is 0 Å². The molecular weight excluding hydrogens is 192 g/mol. The molecular formula is C12H14O3. The van der Waals surface area contributed by atoms with Gasteiger partial charge < -0.3 is 9.84 Å². The molecule has 0 spiro atoms. The second kappa shape index (κ2) is 3.93. The van der Waals surface area contributed by atoms with Crippen molar-refractivity contribution in [3.63, 3.8) is 0 Å². The minimum absolute atomic E-state index is 0.0151. The number of ether oxygens (including phenoxy) is 1. The summed E-state index contributed by atoms with van der Waals surface area (Å²) in [4.78, 5) is 11.2. The summed E-state index contributed by atoms with van der Waals surface area (Å²) in [5.74, 6) is 1.20. The Kier molecular flexibility index (Phi) is 2.62. The van der Waals surface area contributed by atoms with Crippen LogP contribution in [0.2, 0.25) is 0 Å². The van der Waals surface area contributed by atoms with E-state index < -0.39 is 0 Å². The number of carbonyl (C=O) groups is 1. The minimum atomic E-state index is -0.149. The molecule has 15 heavy (non-hydrogen) atoms. The summed E-state index contributed by atoms with van der Waals surface area (Å²) >= 11 is 0. The molecule has 0 radical (unpaired) electrons. The van der Waals surface area contributed by atoms with Crippen LogP contribution in [-0.4, -0.2) is 17.5 Å². The maximum atomic E-state index is 11.2. The van der Waals surface area contributed by atoms with Crippen molar-refractivity contribution in [3.8, 4) is 11.5 Å². The van der Waals surface area contributed by atoms with Crippen molar-refractivity contribution in [3.05, 3.63) is 23.8 Å². The molecule has 3 heteroatoms. The van der Waals surface area contributed by atoms with Gasteiger partial charge in [0.2, 0.25) is 0 Å². The Labute approximate surface area is 88.7 Å². The van der Waals surface area contributed by atoms with Crippen molar-refractivity contribution < 1.29 is 14.6 Å². The molecule has 1 aromatic rings. The molecule has 2 rings (SSSR count). The zero-order chi connectivity index (χ0) is 10.8. The third-order valence-electron chi connectivity index (χ3n) is 2.53. The standard InChI is InChI=1S/C12H14O3/c1-8(13)11-6-10(4-5-12(11)14)15-7-9-2-3-9/h4-6,9,14H,2-3,7H2,1H3. The van der Waals surface area contributed by atoms with Crippen molar-refractivity contribution in [2.24, 2.45) is 5.92 Å². The molecule has 0 atom stereocenters. The third kappa shape index (κ3) is 2.49. The third-order valence-corrected chi connectivity index (χ3v) is 2.53. The molecule has 80 valence electrons. The number of phenolic OH excluding ortho intramolecular Hbond substituents is 1. The van der Waals surface area contributed by atoms with Gasteiger partial charge in [-0.25, -0.2) is 0 Å². The van der Waals surface area contributed by atoms with Gasteiger partial charge in [-0.3, -0.25) is 4.79 Å². The predicted molar refractivity (Wildman–Crippen MR) is 56.3 cm³/mol. The number of aromatic hydroxyl groups is 1. The number of rotatable bonds is 4. The molecule has 0 bridgehead atoms. The Morgan fingerprint density at radius 1 is 1.53 bits per heavy atom. The smallest absolute Gasteiger partial charge is 0.163 e. The molecule has 1 N–H and O–H groups in total. The summed E-state index contributed by atoms with van der Waals surface area (Å²) in [6.45, 7) is 2.14. The maximum Gasteiger partial charge on any atom is 0.163 e. The van der Waals surface area contributed by atoms with Gasteiger partial charge >= 0.3 is 0 Å². The van der Waals surface area contributed by atoms with E-state index in [0.29, 0.717) is 23.8 Å². The van der Waals surface area contributed by atoms with Crippen molar-refractivity contribution in [1.82, 2.24) is 0 Å². The number of phenols is 1. The largest absolute Gasteiger partial charge is 0.507 e. The van der Waals surface area contributed by atoms with Crippen LogP contribution in [0.4, 0.5) is 0 Å². The zero-order valence-corrected chi connectivity index (χ0v) is 8.69. The van der Waals surface area contributed by atoms with E-state index in [9.17, 15) is 9.90 Å². The van der Waals surface area contributed by atoms with E-state index in [1.54, 1.807) is 12.1 Å². The second-order valence-electron chi connectivity index (χ2n) is 3.99. The number of Topliss-reactive ketones (excluding diaryl/α,β-unsaturated/α-hetero) is 1. The lowest BCUT2D eigenvalue weighted by atomic mass is 10.1. The van der Waals surface area contributed by atoms with E-state index in [2.05, 4.69) is 0 Å². The van der Waals surface area contributed by atoms with E-state index in [1.807, 2.05) is 0 Å². The van der Waals surface area contributed by atoms with Crippen molar-refractivity contribution in [2.45, 2.75) is 19.8 Å². The average molecular weight is 206 g/mol. The number of ketones is 1. The molecule has 3 nitrogen and oxygen atoms in total. The van der Waals surface area contributed by atoms with Gasteiger partial charge in [0, 0.05) is 0 Å². The first kappa shape index (κ1) is 10.0. The monoisotopic (exact) mass is 206 g/mol. The summed E-state index contributed by atoms with van der Waals surface area (Å²) in [5.41, 5.74) is 0.322. The predicted octanol–water partition coefficient (Wildman–Crippen LogP) is 2.38. The lowest BCUT2D eigenvalue weighted by Crippen LogP contribution is -2.00. The average Bonchev–Trinajstić information content (AvgIpc) is 3.00. The molecule has 0 saturated heterocycles. The van der Waals surface area contributed by atoms with E-state index in [4.69, 9.17) is 4.74 Å². The van der Waals surface area contributed by atoms with E-state index in [-0.39, 0.29) is 11.5 Å². The first-order valence-electron chi connectivity index (χ1n) is 5.13. The van der Waals surface area contributed by atoms with Crippen LogP contribution in [-0.2, 0) is 0 Å². The maximum absolute atomic E-state index is 11.2. The zero-order valence-electron chi connectivity index (χ0n) is 8.69. The number of hydrogen-bond acceptors (Lipinski definition) is 3. The minimum Gasteiger partial charge on any atom is -0.507 e. The lowest BCUT2D eigenvalue weighted by Gasteiger charge is -2.07. The van der Waals surface area contributed by atoms with Gasteiger partial charge in [0.15, 0.2) is 5.78 Å². The van der Waals surface area contributed by atoms with E-state index in [1.165, 1.54) is 25.8 Å². The summed E-state index contributed by atoms with van der Waals surface area (Å²) in [7, 11) is 0. The fourth-order valence-electron chi connectivity index (χ4n) is 1.39. The molecule has 1 aromatic carbocycles. The topological polar surface area (TPSA) is 46.5 Å². The highest BCUT2D eigenvalue weighted by Gasteiger charge is 2.22. The molecule has 1 saturated carbocycles. The van der Waals surface area contributed by atoms with Crippen LogP contribution in [0.25, 0.3) is 0 Å². The SMILES string of the molecule is CC(=O)c1cc(OCC2CC2)ccc1O. The molecule has 1 fully saturated rings. The molecule has 0 aromatic heterocycles. The molecule has 1 aliphatic rings. The van der Waals surface area contributed by atoms with Gasteiger partial charge in [-0.1, -0.05) is 0 Å². The fourth-order valence-corrected chi connectivity index (χ4v) is 1.39. The van der Waals surface area contributed by atoms with Crippen LogP contribution in [0.1, 0.15) is 30.1 Å². The normalized spacial score (nSPS) is 15.0. The van der Waals surface area contributed by atoms with Gasteiger partial charge in [0.1, 0.15) is 11.5 Å². The Hall–Kier alpha value is -1.51. The first-order chi connectivity index (χ1) is 7.16. The second-order valence-corrected chi connectivity index (χ2v) is 3.99. The molecule has 1 aliphatic carbocycles. The van der Waals surface area contributed by atoms with Gasteiger partial charge in [0.25, 0.3) is 0 Å². The van der Waals surface area contributed by atoms with Crippen LogP contribution >= 0.6 is 0 Å². The van der Waals surface area contributed by atoms with Gasteiger partial charge in [-0.05, 0) is 43.9 Å². The lowest BCUT2D eigenvalue weighted by molar-refractivity contribution is 0.101. The van der Waals surface area contributed by atoms with Crippen LogP contribution in [0.5, 0.6) is 11.5 Å². The molecule has 0 amide bonds. The van der Waals surface area contributed by atoms with Crippen LogP contribution in [0, 0.1) is 5.92 Å². The van der Waals surface area contributed by atoms with Gasteiger partial charge in [-0.2, -0.15) is 0 Å². The highest BCUT2D eigenvalue weighted by molar-refractivity contribution is 5.97. The Balaban J connectivity index is 2.10. The Morgan fingerprint density at radius 2 is 2.27 bits per heavy atom. The number of hydrogen-bond donors (Lipinski definition) is 1. The van der Waals surface area contributed by atoms with Crippen LogP contribution in [0.15, 0.2) is 18.2 Å². The Morgan fingerprint density at radius 3 is 2.87 bits per heavy atom. The van der Waals surface area contributed by atoms with Crippen LogP contribution in [0.3, 0.4) is 0 Å². The quantitative estimate of drug-likeness (QED) is 0.769. The summed E-state index contributed by atoms with van der Waals surface area (Å²) < 4.78 is 5.51. The summed E-state index contributed by atoms with van der Waals surface area (Å²) in [6.07, 6.45) is 2.47. The Bertz CT molecular complexity index is 380. The molecule has 0 aliphatic heterocycles. The first-order valence-corrected chi connectivity index (χ1v) is 5.13. The van der Waals surface area contributed by atoms with Crippen LogP contribution < -0.4 is 4.74 Å². The summed E-state index contributed by atoms with van der Waals surface area (Å²) in [5, 5.41) is 9.42. The fraction of sp³-hybridized carbons (Fsp3) is 0.417. The molecule has 0 unspecified atom stereocenters. The van der Waals surface area contributed by atoms with Crippen molar-refractivity contribution in [1.29, 1.82) is 0 Å². The van der Waals surface area contributed by atoms with Crippen molar-refractivity contribution >= 4 is 5.78 Å². The summed E-state index contributed by atoms with van der Waals surface area (Å²) in [6, 6.07) is 4.78. The van der Waals surface area contributed by atoms with Gasteiger partial charge in [-0.15, -0.1) is 0 Å². The highest BCUT2D eigenvalue weighted by atomic mass is 16.5. The van der Waals surface area contributed by atoms with Crippen molar-refractivity contribution in [2.75, 3.05) is 6.61 Å². The van der Waals surface area contributed by atoms with E-state index in [0.717, 1.165) is 0 Å². The highest BCUT2D eigenvalue weighted by Crippen LogP contribution is 2.30. The number of benzene rings is 1.